The van der Waals surface area contributed by atoms with Crippen molar-refractivity contribution in [2.24, 2.45) is 0 Å². The van der Waals surface area contributed by atoms with Gasteiger partial charge in [-0.25, -0.2) is 0 Å². The lowest BCUT2D eigenvalue weighted by Gasteiger charge is -2.26. The molecule has 0 radical (unpaired) electrons. The number of anilines is 1. The van der Waals surface area contributed by atoms with Gasteiger partial charge in [0.05, 0.1) is 19.6 Å². The molecule has 1 aliphatic rings. The van der Waals surface area contributed by atoms with E-state index in [2.05, 4.69) is 5.32 Å². The lowest BCUT2D eigenvalue weighted by Crippen LogP contribution is -2.26. The zero-order valence-corrected chi connectivity index (χ0v) is 18.4. The van der Waals surface area contributed by atoms with E-state index in [4.69, 9.17) is 19.6 Å². The van der Waals surface area contributed by atoms with E-state index in [-0.39, 0.29) is 42.7 Å². The number of hydrogen-bond donors (Lipinski definition) is 2. The van der Waals surface area contributed by atoms with Crippen molar-refractivity contribution in [3.63, 3.8) is 0 Å². The van der Waals surface area contributed by atoms with Crippen molar-refractivity contribution < 1.29 is 23.8 Å². The maximum absolute atomic E-state index is 12.5. The van der Waals surface area contributed by atoms with Crippen LogP contribution in [0.1, 0.15) is 48.2 Å². The van der Waals surface area contributed by atoms with E-state index in [9.17, 15) is 9.59 Å². The van der Waals surface area contributed by atoms with E-state index in [1.807, 2.05) is 19.1 Å². The standard InChI is InChI=1S/C23H26N2O5.ClH/c1-3-28-21(26)14-19-11-9-17-13-18(10-12-20(17)30-19)25-23(27)16-7-5-15(6-8-16)22(24)29-4-2;/h5-8,10,12-13,19,24H,3-4,9,11,14H2,1-2H3,(H,25,27);1H. The Kier molecular flexibility index (Phi) is 8.88. The van der Waals surface area contributed by atoms with Crippen LogP contribution in [0.4, 0.5) is 5.69 Å². The van der Waals surface area contributed by atoms with E-state index in [0.717, 1.165) is 24.2 Å². The Labute approximate surface area is 188 Å². The first-order valence-electron chi connectivity index (χ1n) is 10.1. The molecule has 0 bridgehead atoms. The van der Waals surface area contributed by atoms with Gasteiger partial charge in [0.1, 0.15) is 11.9 Å². The van der Waals surface area contributed by atoms with Crippen LogP contribution in [-0.2, 0) is 20.7 Å². The zero-order valence-electron chi connectivity index (χ0n) is 17.6. The molecule has 3 rings (SSSR count). The fourth-order valence-corrected chi connectivity index (χ4v) is 3.28. The van der Waals surface area contributed by atoms with E-state index in [0.29, 0.717) is 30.0 Å². The molecule has 1 heterocycles. The largest absolute Gasteiger partial charge is 0.490 e. The molecule has 8 heteroatoms. The van der Waals surface area contributed by atoms with E-state index in [1.54, 1.807) is 37.3 Å². The van der Waals surface area contributed by atoms with Crippen LogP contribution >= 0.6 is 12.4 Å². The number of halogens is 1. The Morgan fingerprint density at radius 2 is 1.74 bits per heavy atom. The molecule has 0 fully saturated rings. The van der Waals surface area contributed by atoms with Crippen molar-refractivity contribution in [1.82, 2.24) is 0 Å². The normalized spacial score (nSPS) is 14.3. The number of ether oxygens (including phenoxy) is 3. The Morgan fingerprint density at radius 1 is 1.06 bits per heavy atom. The summed E-state index contributed by atoms with van der Waals surface area (Å²) in [5.74, 6) is 0.325. The number of nitrogens with one attached hydrogen (secondary N) is 2. The third-order valence-corrected chi connectivity index (χ3v) is 4.75. The van der Waals surface area contributed by atoms with E-state index < -0.39 is 0 Å². The third-order valence-electron chi connectivity index (χ3n) is 4.75. The number of esters is 1. The van der Waals surface area contributed by atoms with Crippen LogP contribution in [0, 0.1) is 5.41 Å². The van der Waals surface area contributed by atoms with Gasteiger partial charge in [-0.2, -0.15) is 0 Å². The molecule has 7 nitrogen and oxygen atoms in total. The van der Waals surface area contributed by atoms with Crippen molar-refractivity contribution in [2.45, 2.75) is 39.2 Å². The zero-order chi connectivity index (χ0) is 21.5. The number of benzene rings is 2. The summed E-state index contributed by atoms with van der Waals surface area (Å²) in [6.45, 7) is 4.39. The van der Waals surface area contributed by atoms with Gasteiger partial charge in [-0.3, -0.25) is 15.0 Å². The van der Waals surface area contributed by atoms with Gasteiger partial charge in [0.2, 0.25) is 5.90 Å². The highest BCUT2D eigenvalue weighted by atomic mass is 35.5. The molecule has 0 saturated heterocycles. The smallest absolute Gasteiger partial charge is 0.309 e. The van der Waals surface area contributed by atoms with Crippen LogP contribution in [0.5, 0.6) is 5.75 Å². The number of amides is 1. The van der Waals surface area contributed by atoms with Crippen molar-refractivity contribution in [2.75, 3.05) is 18.5 Å². The first kappa shape index (κ1) is 24.2. The summed E-state index contributed by atoms with van der Waals surface area (Å²) in [6.07, 6.45) is 1.53. The van der Waals surface area contributed by atoms with Gasteiger partial charge in [0.15, 0.2) is 0 Å². The molecule has 2 aromatic rings. The topological polar surface area (TPSA) is 97.7 Å². The molecule has 0 saturated carbocycles. The second-order valence-corrected chi connectivity index (χ2v) is 6.90. The van der Waals surface area contributed by atoms with Gasteiger partial charge in [-0.05, 0) is 74.7 Å². The lowest BCUT2D eigenvalue weighted by molar-refractivity contribution is -0.145. The minimum atomic E-state index is -0.253. The molecule has 2 aromatic carbocycles. The number of fused-ring (bicyclic) bond motifs is 1. The molecule has 1 unspecified atom stereocenters. The molecule has 166 valence electrons. The van der Waals surface area contributed by atoms with Gasteiger partial charge in [0.25, 0.3) is 5.91 Å². The highest BCUT2D eigenvalue weighted by molar-refractivity contribution is 6.05. The number of carbonyl (C=O) groups excluding carboxylic acids is 2. The van der Waals surface area contributed by atoms with Gasteiger partial charge in [0, 0.05) is 16.8 Å². The first-order chi connectivity index (χ1) is 14.5. The molecular formula is C23H27ClN2O5. The molecule has 2 N–H and O–H groups in total. The van der Waals surface area contributed by atoms with Crippen molar-refractivity contribution in [3.05, 3.63) is 59.2 Å². The summed E-state index contributed by atoms with van der Waals surface area (Å²) < 4.78 is 16.1. The van der Waals surface area contributed by atoms with Crippen LogP contribution in [0.2, 0.25) is 0 Å². The van der Waals surface area contributed by atoms with E-state index >= 15 is 0 Å². The molecule has 0 aliphatic carbocycles. The van der Waals surface area contributed by atoms with Crippen LogP contribution in [0.3, 0.4) is 0 Å². The predicted molar refractivity (Wildman–Crippen MR) is 121 cm³/mol. The number of aryl methyl sites for hydroxylation is 1. The van der Waals surface area contributed by atoms with Gasteiger partial charge in [-0.1, -0.05) is 0 Å². The average Bonchev–Trinajstić information content (AvgIpc) is 2.74. The Bertz CT molecular complexity index is 930. The second-order valence-electron chi connectivity index (χ2n) is 6.90. The van der Waals surface area contributed by atoms with Crippen molar-refractivity contribution in [3.8, 4) is 5.75 Å². The third kappa shape index (κ3) is 6.46. The highest BCUT2D eigenvalue weighted by Gasteiger charge is 2.23. The second kappa shape index (κ2) is 11.4. The molecule has 31 heavy (non-hydrogen) atoms. The maximum Gasteiger partial charge on any atom is 0.309 e. The monoisotopic (exact) mass is 446 g/mol. The minimum Gasteiger partial charge on any atom is -0.490 e. The minimum absolute atomic E-state index is 0. The molecule has 1 aliphatic heterocycles. The number of carbonyl (C=O) groups is 2. The molecule has 0 aromatic heterocycles. The maximum atomic E-state index is 12.5. The molecular weight excluding hydrogens is 420 g/mol. The fourth-order valence-electron chi connectivity index (χ4n) is 3.28. The van der Waals surface area contributed by atoms with Crippen LogP contribution in [0.15, 0.2) is 42.5 Å². The van der Waals surface area contributed by atoms with Crippen LogP contribution < -0.4 is 10.1 Å². The summed E-state index contributed by atoms with van der Waals surface area (Å²) in [5, 5.41) is 10.7. The molecule has 1 atom stereocenters. The predicted octanol–water partition coefficient (Wildman–Crippen LogP) is 4.37. The quantitative estimate of drug-likeness (QED) is 0.374. The summed E-state index contributed by atoms with van der Waals surface area (Å²) in [6, 6.07) is 12.2. The lowest BCUT2D eigenvalue weighted by atomic mass is 10.00. The summed E-state index contributed by atoms with van der Waals surface area (Å²) in [5.41, 5.74) is 2.79. The molecule has 1 amide bonds. The van der Waals surface area contributed by atoms with E-state index in [1.165, 1.54) is 0 Å². The van der Waals surface area contributed by atoms with Gasteiger partial charge >= 0.3 is 5.97 Å². The number of rotatable bonds is 7. The fraction of sp³-hybridized carbons (Fsp3) is 0.348. The summed E-state index contributed by atoms with van der Waals surface area (Å²) in [7, 11) is 0. The summed E-state index contributed by atoms with van der Waals surface area (Å²) >= 11 is 0. The Hall–Kier alpha value is -3.06. The van der Waals surface area contributed by atoms with Gasteiger partial charge in [-0.15, -0.1) is 12.4 Å². The Balaban J connectivity index is 0.00000341. The average molecular weight is 447 g/mol. The molecule has 0 spiro atoms. The van der Waals surface area contributed by atoms with Crippen LogP contribution in [-0.4, -0.2) is 37.1 Å². The van der Waals surface area contributed by atoms with Crippen LogP contribution in [0.25, 0.3) is 0 Å². The van der Waals surface area contributed by atoms with Gasteiger partial charge < -0.3 is 19.5 Å². The Morgan fingerprint density at radius 3 is 2.42 bits per heavy atom. The van der Waals surface area contributed by atoms with Crippen molar-refractivity contribution >= 4 is 35.9 Å². The SMILES string of the molecule is CCOC(=N)c1ccc(C(=O)Nc2ccc3c(c2)CCC(CC(=O)OCC)O3)cc1.Cl. The van der Waals surface area contributed by atoms with Crippen molar-refractivity contribution in [1.29, 1.82) is 5.41 Å². The number of hydrogen-bond acceptors (Lipinski definition) is 6. The first-order valence-corrected chi connectivity index (χ1v) is 10.1. The summed E-state index contributed by atoms with van der Waals surface area (Å²) in [4.78, 5) is 24.2. The highest BCUT2D eigenvalue weighted by Crippen LogP contribution is 2.31.